The smallest absolute Gasteiger partial charge is 0.264 e. The van der Waals surface area contributed by atoms with E-state index in [9.17, 15) is 8.42 Å². The lowest BCUT2D eigenvalue weighted by atomic mass is 9.98. The van der Waals surface area contributed by atoms with Crippen LogP contribution in [0.15, 0.2) is 57.8 Å². The van der Waals surface area contributed by atoms with Crippen LogP contribution in [-0.4, -0.2) is 15.5 Å². The van der Waals surface area contributed by atoms with Crippen molar-refractivity contribution in [3.8, 4) is 0 Å². The van der Waals surface area contributed by atoms with Gasteiger partial charge in [-0.25, -0.2) is 12.8 Å². The fourth-order valence-electron chi connectivity index (χ4n) is 2.50. The number of benzene rings is 2. The van der Waals surface area contributed by atoms with Gasteiger partial charge in [0, 0.05) is 30.6 Å². The summed E-state index contributed by atoms with van der Waals surface area (Å²) in [7, 11) is -2.03. The Hall–Kier alpha value is -1.79. The van der Waals surface area contributed by atoms with E-state index in [1.807, 2.05) is 12.1 Å². The Kier molecular flexibility index (Phi) is 3.07. The molecule has 4 nitrogen and oxygen atoms in total. The molecule has 0 saturated carbocycles. The topological polar surface area (TPSA) is 49.7 Å². The molecule has 0 radical (unpaired) electrons. The van der Waals surface area contributed by atoms with Gasteiger partial charge in [-0.15, -0.1) is 0 Å². The predicted octanol–water partition coefficient (Wildman–Crippen LogP) is 2.65. The second-order valence-electron chi connectivity index (χ2n) is 4.58. The van der Waals surface area contributed by atoms with Crippen molar-refractivity contribution in [2.24, 2.45) is 4.36 Å². The number of anilines is 1. The molecule has 3 rings (SSSR count). The first kappa shape index (κ1) is 13.2. The highest BCUT2D eigenvalue weighted by molar-refractivity contribution is 7.92. The van der Waals surface area contributed by atoms with Gasteiger partial charge in [0.25, 0.3) is 10.0 Å². The summed E-state index contributed by atoms with van der Waals surface area (Å²) in [5.41, 5.74) is 2.04. The van der Waals surface area contributed by atoms with Crippen molar-refractivity contribution < 1.29 is 8.42 Å². The lowest BCUT2D eigenvalue weighted by Crippen LogP contribution is -2.26. The van der Waals surface area contributed by atoms with Crippen molar-refractivity contribution in [2.45, 2.75) is 10.9 Å². The summed E-state index contributed by atoms with van der Waals surface area (Å²) < 4.78 is 30.7. The van der Waals surface area contributed by atoms with Gasteiger partial charge in [-0.3, -0.25) is 4.31 Å². The average molecular weight is 304 g/mol. The van der Waals surface area contributed by atoms with E-state index in [0.717, 1.165) is 5.56 Å². The first-order chi connectivity index (χ1) is 9.57. The molecule has 0 saturated heterocycles. The Balaban J connectivity index is 2.44. The average Bonchev–Trinajstić information content (AvgIpc) is 2.54. The number of rotatable bonds is 1. The van der Waals surface area contributed by atoms with Gasteiger partial charge < -0.3 is 0 Å². The molecule has 20 heavy (non-hydrogen) atoms. The van der Waals surface area contributed by atoms with Crippen molar-refractivity contribution >= 4 is 28.1 Å². The highest BCUT2D eigenvalue weighted by Gasteiger charge is 2.34. The molecule has 0 N–H and O–H groups in total. The highest BCUT2D eigenvalue weighted by atomic mass is 32.2. The van der Waals surface area contributed by atoms with Crippen LogP contribution in [0, 0.1) is 0 Å². The monoisotopic (exact) mass is 304 g/mol. The summed E-state index contributed by atoms with van der Waals surface area (Å²) in [5, 5.41) is 0. The molecule has 102 valence electrons. The number of hydrogen-bond acceptors (Lipinski definition) is 4. The summed E-state index contributed by atoms with van der Waals surface area (Å²) in [6.45, 7) is 0. The third-order valence-corrected chi connectivity index (χ3v) is 5.58. The van der Waals surface area contributed by atoms with Crippen LogP contribution >= 0.6 is 0 Å². The molecule has 2 aromatic carbocycles. The summed E-state index contributed by atoms with van der Waals surface area (Å²) in [6, 6.07) is 13.7. The van der Waals surface area contributed by atoms with E-state index in [1.54, 1.807) is 43.4 Å². The van der Waals surface area contributed by atoms with E-state index in [2.05, 4.69) is 4.36 Å². The van der Waals surface area contributed by atoms with Gasteiger partial charge in [-0.05, 0) is 12.1 Å². The molecule has 1 heterocycles. The van der Waals surface area contributed by atoms with Crippen molar-refractivity contribution in [3.05, 3.63) is 59.7 Å². The molecule has 0 fully saturated rings. The summed E-state index contributed by atoms with van der Waals surface area (Å²) in [4.78, 5) is 0.261. The van der Waals surface area contributed by atoms with Crippen molar-refractivity contribution in [2.75, 3.05) is 11.4 Å². The Bertz CT molecular complexity index is 787. The fourth-order valence-corrected chi connectivity index (χ4v) is 4.18. The second kappa shape index (κ2) is 4.64. The van der Waals surface area contributed by atoms with E-state index < -0.39 is 16.1 Å². The van der Waals surface area contributed by atoms with E-state index >= 15 is 0 Å². The van der Waals surface area contributed by atoms with E-state index in [0.29, 0.717) is 11.3 Å². The SMILES string of the molecule is CN1c2ccccc2C(N=S)c2ccccc2S1(=O)=O. The number of hydrogen-bond donors (Lipinski definition) is 0. The molecular formula is C14H12N2O2S2. The highest BCUT2D eigenvalue weighted by Crippen LogP contribution is 2.41. The Morgan fingerprint density at radius 2 is 1.65 bits per heavy atom. The van der Waals surface area contributed by atoms with Gasteiger partial charge >= 0.3 is 0 Å². The van der Waals surface area contributed by atoms with Crippen LogP contribution in [0.1, 0.15) is 17.2 Å². The Morgan fingerprint density at radius 1 is 1.05 bits per heavy atom. The third kappa shape index (κ3) is 1.76. The summed E-state index contributed by atoms with van der Waals surface area (Å²) in [5.74, 6) is 0. The van der Waals surface area contributed by atoms with Crippen LogP contribution in [-0.2, 0) is 22.4 Å². The molecule has 0 spiro atoms. The maximum absolute atomic E-state index is 12.7. The minimum atomic E-state index is -3.59. The van der Waals surface area contributed by atoms with Gasteiger partial charge in [-0.2, -0.15) is 0 Å². The van der Waals surface area contributed by atoms with Crippen LogP contribution in [0.2, 0.25) is 0 Å². The standard InChI is InChI=1S/C14H12N2O2S2/c1-16-12-8-4-2-6-10(12)14(15-19)11-7-3-5-9-13(11)20(16,17)18/h2-9,14H,1H3. The zero-order valence-corrected chi connectivity index (χ0v) is 12.4. The van der Waals surface area contributed by atoms with Gasteiger partial charge in [0.15, 0.2) is 0 Å². The van der Waals surface area contributed by atoms with Crippen LogP contribution in [0.4, 0.5) is 5.69 Å². The summed E-state index contributed by atoms with van der Waals surface area (Å²) in [6.07, 6.45) is 0. The molecule has 1 atom stereocenters. The molecule has 2 aromatic rings. The predicted molar refractivity (Wildman–Crippen MR) is 80.1 cm³/mol. The maximum Gasteiger partial charge on any atom is 0.264 e. The van der Waals surface area contributed by atoms with Crippen LogP contribution < -0.4 is 4.31 Å². The minimum absolute atomic E-state index is 0.261. The Morgan fingerprint density at radius 3 is 2.35 bits per heavy atom. The lowest BCUT2D eigenvalue weighted by molar-refractivity contribution is 0.594. The van der Waals surface area contributed by atoms with E-state index in [-0.39, 0.29) is 4.90 Å². The molecule has 6 heteroatoms. The largest absolute Gasteiger partial charge is 0.269 e. The molecule has 1 unspecified atom stereocenters. The zero-order chi connectivity index (χ0) is 14.3. The lowest BCUT2D eigenvalue weighted by Gasteiger charge is -2.19. The molecular weight excluding hydrogens is 292 g/mol. The van der Waals surface area contributed by atoms with Gasteiger partial charge in [-0.1, -0.05) is 36.4 Å². The molecule has 0 bridgehead atoms. The molecule has 0 amide bonds. The fraction of sp³-hybridized carbons (Fsp3) is 0.143. The van der Waals surface area contributed by atoms with E-state index in [4.69, 9.17) is 12.4 Å². The number of fused-ring (bicyclic) bond motifs is 2. The first-order valence-corrected chi connectivity index (χ1v) is 7.87. The Labute approximate surface area is 123 Å². The third-order valence-electron chi connectivity index (χ3n) is 3.53. The minimum Gasteiger partial charge on any atom is -0.269 e. The van der Waals surface area contributed by atoms with Crippen molar-refractivity contribution in [1.29, 1.82) is 0 Å². The molecule has 1 aliphatic rings. The molecule has 0 aromatic heterocycles. The molecule has 1 aliphatic heterocycles. The quantitative estimate of drug-likeness (QED) is 0.814. The zero-order valence-electron chi connectivity index (χ0n) is 10.7. The van der Waals surface area contributed by atoms with Gasteiger partial charge in [0.05, 0.1) is 10.6 Å². The van der Waals surface area contributed by atoms with Crippen molar-refractivity contribution in [3.63, 3.8) is 0 Å². The van der Waals surface area contributed by atoms with Crippen molar-refractivity contribution in [1.82, 2.24) is 0 Å². The first-order valence-electron chi connectivity index (χ1n) is 6.06. The van der Waals surface area contributed by atoms with Gasteiger partial charge in [0.1, 0.15) is 6.04 Å². The summed E-state index contributed by atoms with van der Waals surface area (Å²) >= 11 is 4.91. The van der Waals surface area contributed by atoms with Crippen LogP contribution in [0.25, 0.3) is 0 Å². The maximum atomic E-state index is 12.7. The number of para-hydroxylation sites is 1. The van der Waals surface area contributed by atoms with E-state index in [1.165, 1.54) is 4.31 Å². The van der Waals surface area contributed by atoms with Crippen LogP contribution in [0.3, 0.4) is 0 Å². The normalized spacial score (nSPS) is 19.6. The van der Waals surface area contributed by atoms with Gasteiger partial charge in [0.2, 0.25) is 0 Å². The molecule has 0 aliphatic carbocycles. The number of nitrogens with zero attached hydrogens (tertiary/aromatic N) is 2. The number of sulfonamides is 1. The second-order valence-corrected chi connectivity index (χ2v) is 6.73. The van der Waals surface area contributed by atoms with Crippen LogP contribution in [0.5, 0.6) is 0 Å².